The van der Waals surface area contributed by atoms with Gasteiger partial charge in [0, 0.05) is 5.69 Å². The lowest BCUT2D eigenvalue weighted by molar-refractivity contribution is 0.102. The molecule has 22 heavy (non-hydrogen) atoms. The molecule has 0 spiro atoms. The summed E-state index contributed by atoms with van der Waals surface area (Å²) in [6.45, 7) is 10.1. The summed E-state index contributed by atoms with van der Waals surface area (Å²) in [7, 11) is 0. The van der Waals surface area contributed by atoms with E-state index >= 15 is 0 Å². The molecule has 116 valence electrons. The summed E-state index contributed by atoms with van der Waals surface area (Å²) in [5.74, 6) is -0.262. The summed E-state index contributed by atoms with van der Waals surface area (Å²) in [5, 5.41) is 12.9. The second-order valence-corrected chi connectivity index (χ2v) is 6.76. The molecule has 0 bridgehead atoms. The Balaban J connectivity index is 2.23. The van der Waals surface area contributed by atoms with E-state index in [-0.39, 0.29) is 17.1 Å². The van der Waals surface area contributed by atoms with E-state index in [2.05, 4.69) is 26.1 Å². The van der Waals surface area contributed by atoms with Crippen molar-refractivity contribution in [1.29, 1.82) is 0 Å². The molecule has 1 amide bonds. The number of hydrogen-bond donors (Lipinski definition) is 2. The highest BCUT2D eigenvalue weighted by molar-refractivity contribution is 6.06. The van der Waals surface area contributed by atoms with Crippen LogP contribution in [0.4, 0.5) is 5.69 Å². The second kappa shape index (κ2) is 5.84. The van der Waals surface area contributed by atoms with Crippen molar-refractivity contribution in [3.8, 4) is 5.75 Å². The molecule has 2 rings (SSSR count). The molecule has 0 radical (unpaired) electrons. The molecule has 0 aliphatic carbocycles. The largest absolute Gasteiger partial charge is 0.507 e. The number of nitrogens with one attached hydrogen (secondary N) is 1. The maximum atomic E-state index is 12.4. The Morgan fingerprint density at radius 3 is 2.18 bits per heavy atom. The maximum Gasteiger partial charge on any atom is 0.259 e. The average molecular weight is 297 g/mol. The van der Waals surface area contributed by atoms with Gasteiger partial charge in [-0.3, -0.25) is 4.79 Å². The standard InChI is InChI=1S/C19H23NO2/c1-12-10-13(2)17(21)16(11-12)18(22)20-15-8-6-14(7-9-15)19(3,4)5/h6-11,21H,1-5H3,(H,20,22). The SMILES string of the molecule is Cc1cc(C)c(O)c(C(=O)Nc2ccc(C(C)(C)C)cc2)c1. The van der Waals surface area contributed by atoms with Crippen LogP contribution in [0.5, 0.6) is 5.75 Å². The molecule has 2 aromatic rings. The van der Waals surface area contributed by atoms with E-state index in [0.29, 0.717) is 11.1 Å². The van der Waals surface area contributed by atoms with Crippen molar-refractivity contribution in [1.82, 2.24) is 0 Å². The minimum Gasteiger partial charge on any atom is -0.507 e. The highest BCUT2D eigenvalue weighted by Crippen LogP contribution is 2.26. The third-order valence-corrected chi connectivity index (χ3v) is 3.70. The van der Waals surface area contributed by atoms with Gasteiger partial charge in [0.1, 0.15) is 5.75 Å². The van der Waals surface area contributed by atoms with Crippen molar-refractivity contribution in [3.63, 3.8) is 0 Å². The topological polar surface area (TPSA) is 49.3 Å². The second-order valence-electron chi connectivity index (χ2n) is 6.76. The molecule has 2 aromatic carbocycles. The molecule has 0 fully saturated rings. The number of aromatic hydroxyl groups is 1. The molecule has 0 aliphatic rings. The predicted octanol–water partition coefficient (Wildman–Crippen LogP) is 4.56. The van der Waals surface area contributed by atoms with Gasteiger partial charge >= 0.3 is 0 Å². The van der Waals surface area contributed by atoms with Crippen molar-refractivity contribution in [2.75, 3.05) is 5.32 Å². The number of aryl methyl sites for hydroxylation is 2. The van der Waals surface area contributed by atoms with Gasteiger partial charge in [0.15, 0.2) is 0 Å². The van der Waals surface area contributed by atoms with Crippen LogP contribution in [-0.2, 0) is 5.41 Å². The van der Waals surface area contributed by atoms with Crippen molar-refractivity contribution < 1.29 is 9.90 Å². The molecule has 0 aromatic heterocycles. The van der Waals surface area contributed by atoms with Crippen LogP contribution in [0.1, 0.15) is 47.8 Å². The lowest BCUT2D eigenvalue weighted by Gasteiger charge is -2.19. The number of carbonyl (C=O) groups is 1. The van der Waals surface area contributed by atoms with Gasteiger partial charge in [0.25, 0.3) is 5.91 Å². The number of anilines is 1. The summed E-state index contributed by atoms with van der Waals surface area (Å²) >= 11 is 0. The Labute approximate surface area is 132 Å². The van der Waals surface area contributed by atoms with Crippen molar-refractivity contribution in [3.05, 3.63) is 58.7 Å². The molecular formula is C19H23NO2. The Morgan fingerprint density at radius 2 is 1.64 bits per heavy atom. The van der Waals surface area contributed by atoms with E-state index in [1.165, 1.54) is 5.56 Å². The molecule has 0 saturated carbocycles. The highest BCUT2D eigenvalue weighted by Gasteiger charge is 2.15. The number of phenolic OH excluding ortho intramolecular Hbond substituents is 1. The van der Waals surface area contributed by atoms with Crippen LogP contribution in [0, 0.1) is 13.8 Å². The van der Waals surface area contributed by atoms with Gasteiger partial charge in [-0.25, -0.2) is 0 Å². The number of hydrogen-bond acceptors (Lipinski definition) is 2. The number of amides is 1. The zero-order valence-corrected chi connectivity index (χ0v) is 13.8. The number of phenols is 1. The Kier molecular flexibility index (Phi) is 4.27. The molecule has 0 heterocycles. The van der Waals surface area contributed by atoms with Gasteiger partial charge < -0.3 is 10.4 Å². The third kappa shape index (κ3) is 3.48. The first kappa shape index (κ1) is 16.1. The molecule has 0 saturated heterocycles. The fourth-order valence-corrected chi connectivity index (χ4v) is 2.39. The minimum atomic E-state index is -0.298. The van der Waals surface area contributed by atoms with Gasteiger partial charge in [-0.15, -0.1) is 0 Å². The van der Waals surface area contributed by atoms with Crippen molar-refractivity contribution in [2.24, 2.45) is 0 Å². The lowest BCUT2D eigenvalue weighted by atomic mass is 9.87. The zero-order valence-electron chi connectivity index (χ0n) is 13.8. The van der Waals surface area contributed by atoms with Crippen LogP contribution in [0.25, 0.3) is 0 Å². The quantitative estimate of drug-likeness (QED) is 0.853. The normalized spacial score (nSPS) is 11.3. The Bertz CT molecular complexity index is 695. The van der Waals surface area contributed by atoms with Gasteiger partial charge in [0.2, 0.25) is 0 Å². The molecule has 0 aliphatic heterocycles. The molecule has 3 nitrogen and oxygen atoms in total. The molecule has 0 atom stereocenters. The van der Waals surface area contributed by atoms with Crippen LogP contribution >= 0.6 is 0 Å². The maximum absolute atomic E-state index is 12.4. The fraction of sp³-hybridized carbons (Fsp3) is 0.316. The first-order chi connectivity index (χ1) is 10.2. The van der Waals surface area contributed by atoms with Crippen LogP contribution in [0.2, 0.25) is 0 Å². The summed E-state index contributed by atoms with van der Waals surface area (Å²) < 4.78 is 0. The van der Waals surface area contributed by atoms with Gasteiger partial charge in [-0.2, -0.15) is 0 Å². The summed E-state index contributed by atoms with van der Waals surface area (Å²) in [5.41, 5.74) is 3.96. The fourth-order valence-electron chi connectivity index (χ4n) is 2.39. The molecular weight excluding hydrogens is 274 g/mol. The van der Waals surface area contributed by atoms with E-state index in [1.807, 2.05) is 37.3 Å². The third-order valence-electron chi connectivity index (χ3n) is 3.70. The van der Waals surface area contributed by atoms with Crippen LogP contribution < -0.4 is 5.32 Å². The van der Waals surface area contributed by atoms with Crippen LogP contribution in [-0.4, -0.2) is 11.0 Å². The van der Waals surface area contributed by atoms with Crippen molar-refractivity contribution in [2.45, 2.75) is 40.0 Å². The summed E-state index contributed by atoms with van der Waals surface area (Å²) in [6, 6.07) is 11.3. The van der Waals surface area contributed by atoms with E-state index in [1.54, 1.807) is 13.0 Å². The molecule has 0 unspecified atom stereocenters. The van der Waals surface area contributed by atoms with Crippen LogP contribution in [0.3, 0.4) is 0 Å². The first-order valence-corrected chi connectivity index (χ1v) is 7.40. The van der Waals surface area contributed by atoms with Gasteiger partial charge in [-0.05, 0) is 54.2 Å². The Morgan fingerprint density at radius 1 is 1.05 bits per heavy atom. The van der Waals surface area contributed by atoms with Crippen molar-refractivity contribution >= 4 is 11.6 Å². The minimum absolute atomic E-state index is 0.0365. The molecule has 2 N–H and O–H groups in total. The molecule has 3 heteroatoms. The van der Waals surface area contributed by atoms with Gasteiger partial charge in [-0.1, -0.05) is 39.0 Å². The summed E-state index contributed by atoms with van der Waals surface area (Å²) in [4.78, 5) is 12.4. The van der Waals surface area contributed by atoms with E-state index in [9.17, 15) is 9.90 Å². The number of carbonyl (C=O) groups excluding carboxylic acids is 1. The van der Waals surface area contributed by atoms with E-state index in [4.69, 9.17) is 0 Å². The van der Waals surface area contributed by atoms with Gasteiger partial charge in [0.05, 0.1) is 5.56 Å². The zero-order chi connectivity index (χ0) is 16.5. The average Bonchev–Trinajstić information content (AvgIpc) is 2.42. The number of rotatable bonds is 2. The van der Waals surface area contributed by atoms with E-state index in [0.717, 1.165) is 11.3 Å². The summed E-state index contributed by atoms with van der Waals surface area (Å²) in [6.07, 6.45) is 0. The van der Waals surface area contributed by atoms with E-state index < -0.39 is 0 Å². The first-order valence-electron chi connectivity index (χ1n) is 7.40. The highest BCUT2D eigenvalue weighted by atomic mass is 16.3. The smallest absolute Gasteiger partial charge is 0.259 e. The number of benzene rings is 2. The predicted molar refractivity (Wildman–Crippen MR) is 90.7 cm³/mol. The lowest BCUT2D eigenvalue weighted by Crippen LogP contribution is -2.14. The Hall–Kier alpha value is -2.29. The monoisotopic (exact) mass is 297 g/mol. The van der Waals surface area contributed by atoms with Crippen LogP contribution in [0.15, 0.2) is 36.4 Å².